The first kappa shape index (κ1) is 24.9. The van der Waals surface area contributed by atoms with E-state index in [4.69, 9.17) is 16.3 Å². The largest absolute Gasteiger partial charge is 0.422 e. The number of aromatic nitrogens is 3. The zero-order chi connectivity index (χ0) is 25.9. The molecule has 0 aliphatic heterocycles. The molecule has 0 amide bonds. The van der Waals surface area contributed by atoms with E-state index < -0.39 is 5.97 Å². The number of rotatable bonds is 7. The molecule has 0 spiro atoms. The number of carbonyl (C=O) groups excluding carboxylic acids is 1. The van der Waals surface area contributed by atoms with Crippen LogP contribution in [0.4, 0.5) is 0 Å². The normalized spacial score (nSPS) is 11.1. The van der Waals surface area contributed by atoms with Crippen LogP contribution in [0.15, 0.2) is 78.0 Å². The van der Waals surface area contributed by atoms with Gasteiger partial charge in [0.1, 0.15) is 15.5 Å². The van der Waals surface area contributed by atoms with Crippen molar-refractivity contribution in [1.82, 2.24) is 14.5 Å². The molecule has 0 saturated carbocycles. The molecule has 0 radical (unpaired) electrons. The third-order valence-electron chi connectivity index (χ3n) is 6.13. The molecule has 3 heterocycles. The van der Waals surface area contributed by atoms with Crippen LogP contribution >= 0.6 is 22.9 Å². The molecular weight excluding hydrogens is 506 g/mol. The van der Waals surface area contributed by atoms with Crippen LogP contribution in [-0.2, 0) is 13.0 Å². The van der Waals surface area contributed by atoms with Crippen molar-refractivity contribution in [3.63, 3.8) is 0 Å². The quantitative estimate of drug-likeness (QED) is 0.173. The van der Waals surface area contributed by atoms with E-state index >= 15 is 0 Å². The van der Waals surface area contributed by atoms with Crippen molar-refractivity contribution in [3.8, 4) is 17.0 Å². The van der Waals surface area contributed by atoms with Gasteiger partial charge in [-0.1, -0.05) is 49.2 Å². The summed E-state index contributed by atoms with van der Waals surface area (Å²) in [6.45, 7) is 4.18. The Bertz CT molecular complexity index is 1640. The Morgan fingerprint density at radius 2 is 1.84 bits per heavy atom. The highest BCUT2D eigenvalue weighted by molar-refractivity contribution is 7.20. The van der Waals surface area contributed by atoms with E-state index in [-0.39, 0.29) is 5.56 Å². The Morgan fingerprint density at radius 1 is 1.05 bits per heavy atom. The molecule has 0 aliphatic carbocycles. The molecule has 0 N–H and O–H groups in total. The van der Waals surface area contributed by atoms with Crippen molar-refractivity contribution in [2.75, 3.05) is 0 Å². The van der Waals surface area contributed by atoms with Gasteiger partial charge in [-0.3, -0.25) is 14.3 Å². The molecule has 37 heavy (non-hydrogen) atoms. The van der Waals surface area contributed by atoms with Gasteiger partial charge in [0.25, 0.3) is 5.56 Å². The van der Waals surface area contributed by atoms with Gasteiger partial charge in [0.15, 0.2) is 0 Å². The zero-order valence-electron chi connectivity index (χ0n) is 20.4. The van der Waals surface area contributed by atoms with Crippen molar-refractivity contribution in [1.29, 1.82) is 0 Å². The van der Waals surface area contributed by atoms with E-state index in [0.717, 1.165) is 41.0 Å². The SMILES string of the molecule is CCCc1ccc(-c2ccc(OC(=O)c3sc4ncn(Cc5ccccc5Cl)c(=O)c4c3C)cc2)nc1. The highest BCUT2D eigenvalue weighted by atomic mass is 35.5. The van der Waals surface area contributed by atoms with Crippen LogP contribution in [0.25, 0.3) is 21.5 Å². The van der Waals surface area contributed by atoms with E-state index in [2.05, 4.69) is 23.0 Å². The lowest BCUT2D eigenvalue weighted by atomic mass is 10.1. The minimum absolute atomic E-state index is 0.223. The fourth-order valence-electron chi connectivity index (χ4n) is 4.16. The lowest BCUT2D eigenvalue weighted by Crippen LogP contribution is -2.21. The molecule has 0 atom stereocenters. The summed E-state index contributed by atoms with van der Waals surface area (Å²) in [4.78, 5) is 36.0. The Hall–Kier alpha value is -3.81. The molecule has 5 rings (SSSR count). The van der Waals surface area contributed by atoms with Crippen molar-refractivity contribution in [3.05, 3.63) is 110 Å². The maximum Gasteiger partial charge on any atom is 0.354 e. The van der Waals surface area contributed by atoms with Gasteiger partial charge in [-0.05, 0) is 66.4 Å². The second-order valence-corrected chi connectivity index (χ2v) is 10.1. The van der Waals surface area contributed by atoms with E-state index in [1.54, 1.807) is 25.1 Å². The fourth-order valence-corrected chi connectivity index (χ4v) is 5.37. The first-order chi connectivity index (χ1) is 17.9. The van der Waals surface area contributed by atoms with Gasteiger partial charge in [-0.15, -0.1) is 11.3 Å². The number of benzene rings is 2. The lowest BCUT2D eigenvalue weighted by molar-refractivity contribution is 0.0739. The Labute approximate surface area is 223 Å². The summed E-state index contributed by atoms with van der Waals surface area (Å²) < 4.78 is 7.13. The Morgan fingerprint density at radius 3 is 2.54 bits per heavy atom. The lowest BCUT2D eigenvalue weighted by Gasteiger charge is -2.07. The van der Waals surface area contributed by atoms with Crippen LogP contribution in [0.1, 0.15) is 39.7 Å². The number of nitrogens with zero attached hydrogens (tertiary/aromatic N) is 3. The zero-order valence-corrected chi connectivity index (χ0v) is 22.0. The minimum Gasteiger partial charge on any atom is -0.422 e. The first-order valence-electron chi connectivity index (χ1n) is 11.9. The summed E-state index contributed by atoms with van der Waals surface area (Å²) in [5, 5.41) is 0.996. The van der Waals surface area contributed by atoms with E-state index in [0.29, 0.717) is 38.0 Å². The standard InChI is InChI=1S/C29H24ClN3O3S/c1-3-6-19-9-14-24(31-15-19)20-10-12-22(13-11-20)36-29(35)26-18(2)25-27(37-26)32-17-33(28(25)34)16-21-7-4-5-8-23(21)30/h4-5,7-15,17H,3,6,16H2,1-2H3. The van der Waals surface area contributed by atoms with Crippen LogP contribution < -0.4 is 10.3 Å². The van der Waals surface area contributed by atoms with Gasteiger partial charge in [-0.2, -0.15) is 0 Å². The number of pyridine rings is 1. The van der Waals surface area contributed by atoms with Crippen LogP contribution in [0.2, 0.25) is 5.02 Å². The number of aryl methyl sites for hydroxylation is 2. The molecule has 0 fully saturated rings. The molecule has 2 aromatic carbocycles. The predicted octanol–water partition coefficient (Wildman–Crippen LogP) is 6.70. The number of hydrogen-bond acceptors (Lipinski definition) is 6. The smallest absolute Gasteiger partial charge is 0.354 e. The molecule has 8 heteroatoms. The average molecular weight is 530 g/mol. The number of esters is 1. The van der Waals surface area contributed by atoms with Crippen molar-refractivity contribution in [2.24, 2.45) is 0 Å². The van der Waals surface area contributed by atoms with E-state index in [9.17, 15) is 9.59 Å². The van der Waals surface area contributed by atoms with Gasteiger partial charge in [-0.25, -0.2) is 9.78 Å². The van der Waals surface area contributed by atoms with E-state index in [1.165, 1.54) is 16.5 Å². The van der Waals surface area contributed by atoms with Crippen LogP contribution in [0.3, 0.4) is 0 Å². The maximum absolute atomic E-state index is 13.2. The summed E-state index contributed by atoms with van der Waals surface area (Å²) in [5.41, 5.74) is 4.15. The second kappa shape index (κ2) is 10.7. The van der Waals surface area contributed by atoms with Crippen molar-refractivity contribution < 1.29 is 9.53 Å². The number of ether oxygens (including phenoxy) is 1. The summed E-state index contributed by atoms with van der Waals surface area (Å²) in [5.74, 6) is -0.107. The molecule has 0 aliphatic rings. The number of carbonyl (C=O) groups is 1. The molecule has 0 unspecified atom stereocenters. The second-order valence-electron chi connectivity index (χ2n) is 8.72. The predicted molar refractivity (Wildman–Crippen MR) is 148 cm³/mol. The monoisotopic (exact) mass is 529 g/mol. The Kier molecular flexibility index (Phi) is 7.17. The summed E-state index contributed by atoms with van der Waals surface area (Å²) in [6, 6.07) is 18.7. The third kappa shape index (κ3) is 5.19. The maximum atomic E-state index is 13.2. The highest BCUT2D eigenvalue weighted by Gasteiger charge is 2.21. The number of fused-ring (bicyclic) bond motifs is 1. The number of hydrogen-bond donors (Lipinski definition) is 0. The number of thiophene rings is 1. The number of halogens is 1. The van der Waals surface area contributed by atoms with Crippen molar-refractivity contribution >= 4 is 39.1 Å². The van der Waals surface area contributed by atoms with Crippen LogP contribution in [-0.4, -0.2) is 20.5 Å². The first-order valence-corrected chi connectivity index (χ1v) is 13.1. The van der Waals surface area contributed by atoms with Gasteiger partial charge in [0, 0.05) is 16.8 Å². The van der Waals surface area contributed by atoms with Crippen LogP contribution in [0, 0.1) is 6.92 Å². The van der Waals surface area contributed by atoms with Gasteiger partial charge in [0.05, 0.1) is 24.0 Å². The summed E-state index contributed by atoms with van der Waals surface area (Å²) in [7, 11) is 0. The average Bonchev–Trinajstić information content (AvgIpc) is 3.25. The highest BCUT2D eigenvalue weighted by Crippen LogP contribution is 2.29. The van der Waals surface area contributed by atoms with E-state index in [1.807, 2.05) is 42.6 Å². The fraction of sp³-hybridized carbons (Fsp3) is 0.172. The molecule has 5 aromatic rings. The molecule has 0 saturated heterocycles. The molecule has 3 aromatic heterocycles. The van der Waals surface area contributed by atoms with Gasteiger partial charge >= 0.3 is 5.97 Å². The van der Waals surface area contributed by atoms with Crippen molar-refractivity contribution in [2.45, 2.75) is 33.2 Å². The molecule has 0 bridgehead atoms. The minimum atomic E-state index is -0.521. The summed E-state index contributed by atoms with van der Waals surface area (Å²) >= 11 is 7.42. The third-order valence-corrected chi connectivity index (χ3v) is 7.67. The Balaban J connectivity index is 1.36. The molecule has 186 valence electrons. The van der Waals surface area contributed by atoms with Gasteiger partial charge in [0.2, 0.25) is 0 Å². The molecule has 6 nitrogen and oxygen atoms in total. The molecular formula is C29H24ClN3O3S. The summed E-state index contributed by atoms with van der Waals surface area (Å²) in [6.07, 6.45) is 5.47. The van der Waals surface area contributed by atoms with Gasteiger partial charge < -0.3 is 4.74 Å². The van der Waals surface area contributed by atoms with Crippen LogP contribution in [0.5, 0.6) is 5.75 Å². The topological polar surface area (TPSA) is 74.1 Å².